The Bertz CT molecular complexity index is 383. The number of benzene rings is 1. The molecule has 94 valence electrons. The standard InChI is InChI=1S/C12H17FN2O2/c13-9-4-5-11(16)10(8-9)12(17)15-7-3-1-2-6-14/h4-5,8,16H,1-3,6-7,14H2,(H,15,17). The minimum absolute atomic E-state index is 0.0381. The summed E-state index contributed by atoms with van der Waals surface area (Å²) >= 11 is 0. The van der Waals surface area contributed by atoms with Gasteiger partial charge in [0.1, 0.15) is 11.6 Å². The number of carbonyl (C=O) groups excluding carboxylic acids is 1. The Morgan fingerprint density at radius 2 is 2.12 bits per heavy atom. The zero-order chi connectivity index (χ0) is 12.7. The molecule has 17 heavy (non-hydrogen) atoms. The first-order valence-corrected chi connectivity index (χ1v) is 5.62. The lowest BCUT2D eigenvalue weighted by molar-refractivity contribution is 0.0950. The smallest absolute Gasteiger partial charge is 0.255 e. The second-order valence-electron chi connectivity index (χ2n) is 3.77. The molecule has 0 saturated heterocycles. The van der Waals surface area contributed by atoms with Crippen LogP contribution in [0.2, 0.25) is 0 Å². The second-order valence-corrected chi connectivity index (χ2v) is 3.77. The molecule has 1 aromatic carbocycles. The van der Waals surface area contributed by atoms with Crippen LogP contribution < -0.4 is 11.1 Å². The summed E-state index contributed by atoms with van der Waals surface area (Å²) in [6.07, 6.45) is 2.67. The molecule has 0 fully saturated rings. The maximum atomic E-state index is 12.9. The van der Waals surface area contributed by atoms with E-state index in [1.807, 2.05) is 0 Å². The predicted molar refractivity (Wildman–Crippen MR) is 63.3 cm³/mol. The lowest BCUT2D eigenvalue weighted by Crippen LogP contribution is -2.24. The predicted octanol–water partition coefficient (Wildman–Crippen LogP) is 1.39. The Morgan fingerprint density at radius 3 is 2.82 bits per heavy atom. The molecule has 0 heterocycles. The lowest BCUT2D eigenvalue weighted by atomic mass is 10.1. The summed E-state index contributed by atoms with van der Waals surface area (Å²) in [5, 5.41) is 12.0. The number of nitrogens with one attached hydrogen (secondary N) is 1. The van der Waals surface area contributed by atoms with Gasteiger partial charge < -0.3 is 16.2 Å². The van der Waals surface area contributed by atoms with Gasteiger partial charge >= 0.3 is 0 Å². The van der Waals surface area contributed by atoms with Gasteiger partial charge in [-0.25, -0.2) is 4.39 Å². The van der Waals surface area contributed by atoms with E-state index in [0.717, 1.165) is 31.4 Å². The van der Waals surface area contributed by atoms with E-state index >= 15 is 0 Å². The first-order valence-electron chi connectivity index (χ1n) is 5.62. The number of phenolic OH excluding ortho intramolecular Hbond substituents is 1. The van der Waals surface area contributed by atoms with Gasteiger partial charge in [-0.3, -0.25) is 4.79 Å². The Kier molecular flexibility index (Phi) is 5.42. The van der Waals surface area contributed by atoms with Crippen LogP contribution in [0.5, 0.6) is 5.75 Å². The van der Waals surface area contributed by atoms with Gasteiger partial charge in [-0.05, 0) is 37.6 Å². The SMILES string of the molecule is NCCCCCNC(=O)c1cc(F)ccc1O. The number of phenols is 1. The normalized spacial score (nSPS) is 10.2. The first kappa shape index (κ1) is 13.4. The average molecular weight is 240 g/mol. The van der Waals surface area contributed by atoms with Gasteiger partial charge in [0.2, 0.25) is 0 Å². The van der Waals surface area contributed by atoms with Crippen LogP contribution >= 0.6 is 0 Å². The van der Waals surface area contributed by atoms with Crippen LogP contribution in [0.15, 0.2) is 18.2 Å². The fourth-order valence-electron chi connectivity index (χ4n) is 1.43. The number of hydrogen-bond donors (Lipinski definition) is 3. The quantitative estimate of drug-likeness (QED) is 0.658. The van der Waals surface area contributed by atoms with Crippen molar-refractivity contribution in [2.75, 3.05) is 13.1 Å². The summed E-state index contributed by atoms with van der Waals surface area (Å²) in [5.41, 5.74) is 5.30. The highest BCUT2D eigenvalue weighted by Crippen LogP contribution is 2.17. The molecule has 1 rings (SSSR count). The maximum absolute atomic E-state index is 12.9. The van der Waals surface area contributed by atoms with Crippen molar-refractivity contribution in [3.05, 3.63) is 29.6 Å². The third kappa shape index (κ3) is 4.40. The molecule has 4 N–H and O–H groups in total. The highest BCUT2D eigenvalue weighted by Gasteiger charge is 2.11. The van der Waals surface area contributed by atoms with Crippen LogP contribution in [-0.2, 0) is 0 Å². The Morgan fingerprint density at radius 1 is 1.35 bits per heavy atom. The fourth-order valence-corrected chi connectivity index (χ4v) is 1.43. The molecule has 0 aliphatic carbocycles. The van der Waals surface area contributed by atoms with Gasteiger partial charge in [0.05, 0.1) is 5.56 Å². The molecule has 1 aromatic rings. The van der Waals surface area contributed by atoms with Gasteiger partial charge in [0.15, 0.2) is 0 Å². The number of nitrogens with two attached hydrogens (primary N) is 1. The maximum Gasteiger partial charge on any atom is 0.255 e. The zero-order valence-electron chi connectivity index (χ0n) is 9.58. The third-order valence-corrected chi connectivity index (χ3v) is 2.37. The molecule has 0 radical (unpaired) electrons. The van der Waals surface area contributed by atoms with Crippen LogP contribution in [0, 0.1) is 5.82 Å². The molecule has 0 bridgehead atoms. The summed E-state index contributed by atoms with van der Waals surface area (Å²) in [6, 6.07) is 3.29. The van der Waals surface area contributed by atoms with Crippen LogP contribution in [0.3, 0.4) is 0 Å². The van der Waals surface area contributed by atoms with Crippen molar-refractivity contribution in [2.24, 2.45) is 5.73 Å². The topological polar surface area (TPSA) is 75.3 Å². The summed E-state index contributed by atoms with van der Waals surface area (Å²) in [6.45, 7) is 1.13. The molecular formula is C12H17FN2O2. The Labute approximate surface area is 99.6 Å². The van der Waals surface area contributed by atoms with Crippen molar-refractivity contribution in [2.45, 2.75) is 19.3 Å². The average Bonchev–Trinajstić information content (AvgIpc) is 2.32. The van der Waals surface area contributed by atoms with Gasteiger partial charge in [-0.1, -0.05) is 6.42 Å². The second kappa shape index (κ2) is 6.85. The highest BCUT2D eigenvalue weighted by molar-refractivity contribution is 5.96. The molecule has 0 saturated carbocycles. The van der Waals surface area contributed by atoms with Crippen LogP contribution in [-0.4, -0.2) is 24.1 Å². The van der Waals surface area contributed by atoms with Crippen molar-refractivity contribution < 1.29 is 14.3 Å². The lowest BCUT2D eigenvalue weighted by Gasteiger charge is -2.06. The molecule has 5 heteroatoms. The van der Waals surface area contributed by atoms with E-state index in [1.54, 1.807) is 0 Å². The van der Waals surface area contributed by atoms with Crippen molar-refractivity contribution >= 4 is 5.91 Å². The summed E-state index contributed by atoms with van der Waals surface area (Å²) in [5.74, 6) is -1.23. The van der Waals surface area contributed by atoms with Gasteiger partial charge in [0.25, 0.3) is 5.91 Å². The van der Waals surface area contributed by atoms with Crippen LogP contribution in [0.1, 0.15) is 29.6 Å². The number of aromatic hydroxyl groups is 1. The summed E-state index contributed by atoms with van der Waals surface area (Å²) in [7, 11) is 0. The minimum Gasteiger partial charge on any atom is -0.507 e. The Hall–Kier alpha value is -1.62. The molecule has 0 aromatic heterocycles. The monoisotopic (exact) mass is 240 g/mol. The van der Waals surface area contributed by atoms with Gasteiger partial charge in [-0.15, -0.1) is 0 Å². The molecular weight excluding hydrogens is 223 g/mol. The van der Waals surface area contributed by atoms with Crippen molar-refractivity contribution in [3.8, 4) is 5.75 Å². The molecule has 0 spiro atoms. The van der Waals surface area contributed by atoms with Crippen molar-refractivity contribution in [1.82, 2.24) is 5.32 Å². The number of amides is 1. The number of hydrogen-bond acceptors (Lipinski definition) is 3. The van der Waals surface area contributed by atoms with Crippen molar-refractivity contribution in [1.29, 1.82) is 0 Å². The fraction of sp³-hybridized carbons (Fsp3) is 0.417. The van der Waals surface area contributed by atoms with Crippen LogP contribution in [0.4, 0.5) is 4.39 Å². The van der Waals surface area contributed by atoms with E-state index in [2.05, 4.69) is 5.32 Å². The first-order chi connectivity index (χ1) is 8.15. The molecule has 0 aliphatic heterocycles. The summed E-state index contributed by atoms with van der Waals surface area (Å²) < 4.78 is 12.9. The molecule has 0 atom stereocenters. The molecule has 4 nitrogen and oxygen atoms in total. The van der Waals surface area contributed by atoms with Crippen molar-refractivity contribution in [3.63, 3.8) is 0 Å². The summed E-state index contributed by atoms with van der Waals surface area (Å²) in [4.78, 5) is 11.6. The molecule has 0 unspecified atom stereocenters. The van der Waals surface area contributed by atoms with E-state index in [4.69, 9.17) is 5.73 Å². The molecule has 0 aliphatic rings. The zero-order valence-corrected chi connectivity index (χ0v) is 9.58. The Balaban J connectivity index is 2.44. The largest absolute Gasteiger partial charge is 0.507 e. The molecule has 1 amide bonds. The van der Waals surface area contributed by atoms with Gasteiger partial charge in [0, 0.05) is 6.54 Å². The van der Waals surface area contributed by atoms with Crippen LogP contribution in [0.25, 0.3) is 0 Å². The number of carbonyl (C=O) groups is 1. The minimum atomic E-state index is -0.545. The van der Waals surface area contributed by atoms with E-state index in [0.29, 0.717) is 13.1 Å². The number of unbranched alkanes of at least 4 members (excludes halogenated alkanes) is 2. The number of halogens is 1. The van der Waals surface area contributed by atoms with E-state index in [-0.39, 0.29) is 11.3 Å². The third-order valence-electron chi connectivity index (χ3n) is 2.37. The van der Waals surface area contributed by atoms with E-state index in [1.165, 1.54) is 6.07 Å². The van der Waals surface area contributed by atoms with E-state index < -0.39 is 11.7 Å². The van der Waals surface area contributed by atoms with E-state index in [9.17, 15) is 14.3 Å². The van der Waals surface area contributed by atoms with Gasteiger partial charge in [-0.2, -0.15) is 0 Å². The number of rotatable bonds is 6. The highest BCUT2D eigenvalue weighted by atomic mass is 19.1.